The Labute approximate surface area is 106 Å². The number of pyridine rings is 1. The smallest absolute Gasteiger partial charge is 0.128 e. The van der Waals surface area contributed by atoms with Crippen molar-refractivity contribution >= 4 is 23.0 Å². The molecule has 2 rings (SSSR count). The summed E-state index contributed by atoms with van der Waals surface area (Å²) in [5, 5.41) is 8.56. The van der Waals surface area contributed by atoms with Crippen LogP contribution in [0.4, 0.5) is 11.6 Å². The van der Waals surface area contributed by atoms with Gasteiger partial charge in [0.15, 0.2) is 0 Å². The van der Waals surface area contributed by atoms with E-state index in [1.54, 1.807) is 11.3 Å². The molecule has 0 aliphatic carbocycles. The first-order valence-corrected chi connectivity index (χ1v) is 6.59. The topological polar surface area (TPSA) is 37.0 Å². The second kappa shape index (κ2) is 5.68. The molecular weight excluding hydrogens is 230 g/mol. The summed E-state index contributed by atoms with van der Waals surface area (Å²) in [6.07, 6.45) is 1.03. The standard InChI is InChI=1S/C13H17N3S/c1-10(9-11-5-4-8-17-11)15-13-7-3-6-12(14-2)16-13/h3-8,10H,9H2,1-2H3,(H2,14,15,16). The van der Waals surface area contributed by atoms with Crippen LogP contribution in [0.5, 0.6) is 0 Å². The van der Waals surface area contributed by atoms with Crippen LogP contribution in [0.1, 0.15) is 11.8 Å². The van der Waals surface area contributed by atoms with Crippen LogP contribution in [0.25, 0.3) is 0 Å². The van der Waals surface area contributed by atoms with Gasteiger partial charge in [-0.25, -0.2) is 4.98 Å². The van der Waals surface area contributed by atoms with Gasteiger partial charge in [-0.1, -0.05) is 12.1 Å². The first-order chi connectivity index (χ1) is 8.28. The van der Waals surface area contributed by atoms with Crippen molar-refractivity contribution in [3.8, 4) is 0 Å². The molecule has 0 saturated carbocycles. The van der Waals surface area contributed by atoms with E-state index >= 15 is 0 Å². The minimum absolute atomic E-state index is 0.383. The van der Waals surface area contributed by atoms with Crippen LogP contribution >= 0.6 is 11.3 Å². The first-order valence-electron chi connectivity index (χ1n) is 5.71. The molecule has 0 saturated heterocycles. The monoisotopic (exact) mass is 247 g/mol. The highest BCUT2D eigenvalue weighted by Crippen LogP contribution is 2.14. The maximum Gasteiger partial charge on any atom is 0.128 e. The lowest BCUT2D eigenvalue weighted by atomic mass is 10.2. The van der Waals surface area contributed by atoms with Crippen LogP contribution in [-0.2, 0) is 6.42 Å². The second-order valence-corrected chi connectivity index (χ2v) is 5.02. The van der Waals surface area contributed by atoms with Crippen LogP contribution in [0, 0.1) is 0 Å². The van der Waals surface area contributed by atoms with Gasteiger partial charge in [-0.15, -0.1) is 11.3 Å². The summed E-state index contributed by atoms with van der Waals surface area (Å²) in [7, 11) is 1.88. The lowest BCUT2D eigenvalue weighted by molar-refractivity contribution is 0.795. The Kier molecular flexibility index (Phi) is 3.98. The Morgan fingerprint density at radius 3 is 2.76 bits per heavy atom. The van der Waals surface area contributed by atoms with Crippen molar-refractivity contribution in [2.24, 2.45) is 0 Å². The number of nitrogens with zero attached hydrogens (tertiary/aromatic N) is 1. The molecule has 2 aromatic rings. The van der Waals surface area contributed by atoms with E-state index in [0.29, 0.717) is 6.04 Å². The van der Waals surface area contributed by atoms with Gasteiger partial charge in [-0.05, 0) is 30.5 Å². The zero-order valence-corrected chi connectivity index (χ0v) is 10.9. The minimum Gasteiger partial charge on any atom is -0.373 e. The van der Waals surface area contributed by atoms with Gasteiger partial charge in [0.2, 0.25) is 0 Å². The number of hydrogen-bond donors (Lipinski definition) is 2. The molecule has 90 valence electrons. The van der Waals surface area contributed by atoms with Gasteiger partial charge in [0.05, 0.1) is 0 Å². The minimum atomic E-state index is 0.383. The molecule has 0 fully saturated rings. The van der Waals surface area contributed by atoms with Gasteiger partial charge in [0, 0.05) is 24.4 Å². The largest absolute Gasteiger partial charge is 0.373 e. The first kappa shape index (κ1) is 11.9. The predicted octanol–water partition coefficient (Wildman–Crippen LogP) is 3.23. The van der Waals surface area contributed by atoms with Gasteiger partial charge < -0.3 is 10.6 Å². The fourth-order valence-corrected chi connectivity index (χ4v) is 2.52. The highest BCUT2D eigenvalue weighted by Gasteiger charge is 2.05. The molecule has 0 bridgehead atoms. The highest BCUT2D eigenvalue weighted by molar-refractivity contribution is 7.09. The second-order valence-electron chi connectivity index (χ2n) is 3.99. The zero-order chi connectivity index (χ0) is 12.1. The van der Waals surface area contributed by atoms with Crippen molar-refractivity contribution in [3.05, 3.63) is 40.6 Å². The molecule has 0 aliphatic heterocycles. The third-order valence-corrected chi connectivity index (χ3v) is 3.39. The lowest BCUT2D eigenvalue weighted by Crippen LogP contribution is -2.18. The van der Waals surface area contributed by atoms with Gasteiger partial charge >= 0.3 is 0 Å². The molecule has 2 N–H and O–H groups in total. The van der Waals surface area contributed by atoms with Crippen LogP contribution in [-0.4, -0.2) is 18.1 Å². The van der Waals surface area contributed by atoms with Gasteiger partial charge in [-0.3, -0.25) is 0 Å². The van der Waals surface area contributed by atoms with Crippen LogP contribution < -0.4 is 10.6 Å². The number of rotatable bonds is 5. The molecule has 17 heavy (non-hydrogen) atoms. The van der Waals surface area contributed by atoms with Crippen molar-refractivity contribution in [1.82, 2.24) is 4.98 Å². The Bertz CT molecular complexity index is 453. The van der Waals surface area contributed by atoms with E-state index in [9.17, 15) is 0 Å². The summed E-state index contributed by atoms with van der Waals surface area (Å²) < 4.78 is 0. The molecule has 3 nitrogen and oxygen atoms in total. The van der Waals surface area contributed by atoms with Crippen LogP contribution in [0.3, 0.4) is 0 Å². The Morgan fingerprint density at radius 2 is 2.06 bits per heavy atom. The van der Waals surface area contributed by atoms with Crippen molar-refractivity contribution < 1.29 is 0 Å². The van der Waals surface area contributed by atoms with E-state index in [0.717, 1.165) is 18.1 Å². The van der Waals surface area contributed by atoms with E-state index in [-0.39, 0.29) is 0 Å². The van der Waals surface area contributed by atoms with Gasteiger partial charge in [0.25, 0.3) is 0 Å². The number of anilines is 2. The molecule has 0 spiro atoms. The molecule has 1 atom stereocenters. The summed E-state index contributed by atoms with van der Waals surface area (Å²) in [6, 6.07) is 10.6. The molecule has 4 heteroatoms. The van der Waals surface area contributed by atoms with Crippen LogP contribution in [0.15, 0.2) is 35.7 Å². The molecule has 0 aromatic carbocycles. The van der Waals surface area contributed by atoms with Crippen LogP contribution in [0.2, 0.25) is 0 Å². The molecular formula is C13H17N3S. The quantitative estimate of drug-likeness (QED) is 0.851. The van der Waals surface area contributed by atoms with Crippen molar-refractivity contribution in [3.63, 3.8) is 0 Å². The number of aromatic nitrogens is 1. The normalized spacial score (nSPS) is 12.1. The Morgan fingerprint density at radius 1 is 1.24 bits per heavy atom. The van der Waals surface area contributed by atoms with Gasteiger partial charge in [0.1, 0.15) is 11.6 Å². The highest BCUT2D eigenvalue weighted by atomic mass is 32.1. The van der Waals surface area contributed by atoms with Crippen molar-refractivity contribution in [2.75, 3.05) is 17.7 Å². The summed E-state index contributed by atoms with van der Waals surface area (Å²) in [5.74, 6) is 1.80. The number of nitrogens with one attached hydrogen (secondary N) is 2. The fraction of sp³-hybridized carbons (Fsp3) is 0.308. The Hall–Kier alpha value is -1.55. The number of hydrogen-bond acceptors (Lipinski definition) is 4. The molecule has 0 aliphatic rings. The van der Waals surface area contributed by atoms with E-state index in [2.05, 4.69) is 40.1 Å². The maximum atomic E-state index is 4.44. The van der Waals surface area contributed by atoms with E-state index < -0.39 is 0 Å². The maximum absolute atomic E-state index is 4.44. The molecule has 0 radical (unpaired) electrons. The summed E-state index contributed by atoms with van der Waals surface area (Å²) in [4.78, 5) is 5.84. The number of thiophene rings is 1. The third kappa shape index (κ3) is 3.46. The van der Waals surface area contributed by atoms with E-state index in [1.165, 1.54) is 4.88 Å². The average molecular weight is 247 g/mol. The molecule has 0 amide bonds. The summed E-state index contributed by atoms with van der Waals surface area (Å²) >= 11 is 1.80. The Balaban J connectivity index is 1.95. The molecule has 1 unspecified atom stereocenters. The molecule has 2 aromatic heterocycles. The predicted molar refractivity (Wildman–Crippen MR) is 74.9 cm³/mol. The summed E-state index contributed by atoms with van der Waals surface area (Å²) in [6.45, 7) is 2.17. The SMILES string of the molecule is CNc1cccc(NC(C)Cc2cccs2)n1. The summed E-state index contributed by atoms with van der Waals surface area (Å²) in [5.41, 5.74) is 0. The third-order valence-electron chi connectivity index (χ3n) is 2.49. The zero-order valence-electron chi connectivity index (χ0n) is 10.1. The average Bonchev–Trinajstić information content (AvgIpc) is 2.82. The van der Waals surface area contributed by atoms with Crippen molar-refractivity contribution in [2.45, 2.75) is 19.4 Å². The fourth-order valence-electron chi connectivity index (χ4n) is 1.69. The van der Waals surface area contributed by atoms with Crippen molar-refractivity contribution in [1.29, 1.82) is 0 Å². The van der Waals surface area contributed by atoms with E-state index in [4.69, 9.17) is 0 Å². The lowest BCUT2D eigenvalue weighted by Gasteiger charge is -2.14. The van der Waals surface area contributed by atoms with E-state index in [1.807, 2.05) is 25.2 Å². The van der Waals surface area contributed by atoms with Gasteiger partial charge in [-0.2, -0.15) is 0 Å². The molecule has 2 heterocycles.